The van der Waals surface area contributed by atoms with Crippen LogP contribution >= 0.6 is 11.3 Å². The minimum absolute atomic E-state index is 0.118. The lowest BCUT2D eigenvalue weighted by Crippen LogP contribution is -2.29. The highest BCUT2D eigenvalue weighted by atomic mass is 32.2. The Morgan fingerprint density at radius 1 is 0.939 bits per heavy atom. The van der Waals surface area contributed by atoms with Crippen LogP contribution in [0.15, 0.2) is 77.7 Å². The van der Waals surface area contributed by atoms with E-state index < -0.39 is 16.1 Å². The minimum Gasteiger partial charge on any atom is -0.496 e. The number of methoxy groups -OCH3 is 1. The molecule has 0 unspecified atom stereocenters. The second-order valence-electron chi connectivity index (χ2n) is 7.64. The first-order chi connectivity index (χ1) is 16.0. The lowest BCUT2D eigenvalue weighted by Gasteiger charge is -2.21. The first-order valence-corrected chi connectivity index (χ1v) is 12.9. The summed E-state index contributed by atoms with van der Waals surface area (Å²) in [7, 11) is -2.32. The maximum absolute atomic E-state index is 13.5. The van der Waals surface area contributed by atoms with Crippen LogP contribution in [0.5, 0.6) is 17.2 Å². The number of thiophene rings is 1. The third-order valence-corrected chi connectivity index (χ3v) is 8.08. The summed E-state index contributed by atoms with van der Waals surface area (Å²) in [6.45, 7) is 1.02. The summed E-state index contributed by atoms with van der Waals surface area (Å²) in [5.74, 6) is 1.60. The summed E-state index contributed by atoms with van der Waals surface area (Å²) >= 11 is 1.55. The van der Waals surface area contributed by atoms with Crippen molar-refractivity contribution in [3.05, 3.63) is 83.2 Å². The fourth-order valence-electron chi connectivity index (χ4n) is 3.86. The van der Waals surface area contributed by atoms with Gasteiger partial charge in [0.25, 0.3) is 0 Å². The first-order valence-electron chi connectivity index (χ1n) is 10.6. The summed E-state index contributed by atoms with van der Waals surface area (Å²) in [5, 5.41) is 1.06. The van der Waals surface area contributed by atoms with Crippen LogP contribution < -0.4 is 18.9 Å². The predicted molar refractivity (Wildman–Crippen MR) is 129 cm³/mol. The average Bonchev–Trinajstić information content (AvgIpc) is 3.12. The molecule has 1 N–H and O–H groups in total. The zero-order valence-electron chi connectivity index (χ0n) is 18.0. The maximum atomic E-state index is 13.5. The van der Waals surface area contributed by atoms with Crippen LogP contribution in [0.4, 0.5) is 0 Å². The molecule has 6 nitrogen and oxygen atoms in total. The van der Waals surface area contributed by atoms with E-state index in [0.717, 1.165) is 26.9 Å². The molecule has 0 saturated heterocycles. The van der Waals surface area contributed by atoms with Gasteiger partial charge in [-0.15, -0.1) is 11.3 Å². The second-order valence-corrected chi connectivity index (χ2v) is 10.5. The topological polar surface area (TPSA) is 73.9 Å². The second kappa shape index (κ2) is 9.05. The third kappa shape index (κ3) is 4.42. The molecule has 170 valence electrons. The Morgan fingerprint density at radius 3 is 2.52 bits per heavy atom. The summed E-state index contributed by atoms with van der Waals surface area (Å²) in [5.41, 5.74) is 0.740. The van der Waals surface area contributed by atoms with Crippen molar-refractivity contribution in [3.8, 4) is 17.2 Å². The number of para-hydroxylation sites is 1. The molecule has 8 heteroatoms. The molecule has 0 aliphatic carbocycles. The van der Waals surface area contributed by atoms with Crippen molar-refractivity contribution in [2.24, 2.45) is 0 Å². The molecular formula is C25H23NO5S2. The van der Waals surface area contributed by atoms with Crippen LogP contribution in [-0.4, -0.2) is 28.7 Å². The Hall–Kier alpha value is -3.07. The number of ether oxygens (including phenoxy) is 3. The summed E-state index contributed by atoms with van der Waals surface area (Å²) < 4.78 is 48.0. The fourth-order valence-corrected chi connectivity index (χ4v) is 6.28. The number of fused-ring (bicyclic) bond motifs is 2. The van der Waals surface area contributed by atoms with Crippen molar-refractivity contribution in [2.75, 3.05) is 20.3 Å². The summed E-state index contributed by atoms with van der Waals surface area (Å²) in [6, 6.07) is 21.5. The van der Waals surface area contributed by atoms with E-state index in [4.69, 9.17) is 14.2 Å². The molecule has 1 aliphatic heterocycles. The third-order valence-electron chi connectivity index (χ3n) is 5.48. The van der Waals surface area contributed by atoms with Gasteiger partial charge in [-0.25, -0.2) is 8.42 Å². The van der Waals surface area contributed by atoms with E-state index in [-0.39, 0.29) is 4.90 Å². The molecule has 2 heterocycles. The molecule has 4 aromatic rings. The summed E-state index contributed by atoms with van der Waals surface area (Å²) in [6.07, 6.45) is 0.747. The minimum atomic E-state index is -3.90. The van der Waals surface area contributed by atoms with Gasteiger partial charge in [0.1, 0.15) is 5.75 Å². The molecular weight excluding hydrogens is 458 g/mol. The van der Waals surface area contributed by atoms with Crippen molar-refractivity contribution in [2.45, 2.75) is 17.4 Å². The standard InChI is InChI=1S/C25H23NO5S2/c1-29-20-9-4-3-8-19(20)25(24-15-17-7-2-5-10-23(17)32-24)26-33(27,28)18-11-12-21-22(16-18)31-14-6-13-30-21/h2-5,7-12,15-16,25-26H,6,13-14H2,1H3/t25-/m1/s1. The van der Waals surface area contributed by atoms with Gasteiger partial charge in [0.05, 0.1) is 31.3 Å². The molecule has 33 heavy (non-hydrogen) atoms. The quantitative estimate of drug-likeness (QED) is 0.413. The van der Waals surface area contributed by atoms with Gasteiger partial charge in [0, 0.05) is 27.6 Å². The normalized spacial score (nSPS) is 14.6. The van der Waals surface area contributed by atoms with Gasteiger partial charge in [-0.05, 0) is 35.7 Å². The largest absolute Gasteiger partial charge is 0.496 e. The monoisotopic (exact) mass is 481 g/mol. The Labute approximate surface area is 196 Å². The van der Waals surface area contributed by atoms with Crippen molar-refractivity contribution >= 4 is 31.4 Å². The molecule has 1 aliphatic rings. The molecule has 0 amide bonds. The van der Waals surface area contributed by atoms with Crippen LogP contribution in [0.2, 0.25) is 0 Å². The number of rotatable bonds is 6. The van der Waals surface area contributed by atoms with Gasteiger partial charge >= 0.3 is 0 Å². The van der Waals surface area contributed by atoms with Crippen LogP contribution in [0.3, 0.4) is 0 Å². The molecule has 3 aromatic carbocycles. The van der Waals surface area contributed by atoms with Gasteiger partial charge in [0.15, 0.2) is 11.5 Å². The lowest BCUT2D eigenvalue weighted by atomic mass is 10.0. The molecule has 5 rings (SSSR count). The van der Waals surface area contributed by atoms with Gasteiger partial charge in [-0.1, -0.05) is 36.4 Å². The Balaban J connectivity index is 1.57. The fraction of sp³-hybridized carbons (Fsp3) is 0.200. The number of benzene rings is 3. The van der Waals surface area contributed by atoms with Crippen LogP contribution in [0.1, 0.15) is 22.9 Å². The van der Waals surface area contributed by atoms with E-state index in [2.05, 4.69) is 4.72 Å². The van der Waals surface area contributed by atoms with Crippen LogP contribution in [0.25, 0.3) is 10.1 Å². The lowest BCUT2D eigenvalue weighted by molar-refractivity contribution is 0.297. The van der Waals surface area contributed by atoms with E-state index >= 15 is 0 Å². The molecule has 0 radical (unpaired) electrons. The number of nitrogens with one attached hydrogen (secondary N) is 1. The van der Waals surface area contributed by atoms with E-state index in [9.17, 15) is 8.42 Å². The highest BCUT2D eigenvalue weighted by Crippen LogP contribution is 2.38. The smallest absolute Gasteiger partial charge is 0.241 e. The Kier molecular flexibility index (Phi) is 5.97. The first kappa shape index (κ1) is 21.8. The highest BCUT2D eigenvalue weighted by molar-refractivity contribution is 7.89. The van der Waals surface area contributed by atoms with E-state index in [1.807, 2.05) is 54.6 Å². The highest BCUT2D eigenvalue weighted by Gasteiger charge is 2.28. The van der Waals surface area contributed by atoms with E-state index in [1.54, 1.807) is 30.6 Å². The molecule has 0 spiro atoms. The number of sulfonamides is 1. The van der Waals surface area contributed by atoms with Crippen molar-refractivity contribution in [1.82, 2.24) is 4.72 Å². The van der Waals surface area contributed by atoms with Gasteiger partial charge in [-0.2, -0.15) is 4.72 Å². The van der Waals surface area contributed by atoms with Crippen molar-refractivity contribution in [3.63, 3.8) is 0 Å². The predicted octanol–water partition coefficient (Wildman–Crippen LogP) is 5.14. The maximum Gasteiger partial charge on any atom is 0.241 e. The molecule has 1 aromatic heterocycles. The van der Waals surface area contributed by atoms with Gasteiger partial charge in [0.2, 0.25) is 10.0 Å². The SMILES string of the molecule is COc1ccccc1[C@@H](NS(=O)(=O)c1ccc2c(c1)OCCCO2)c1cc2ccccc2s1. The van der Waals surface area contributed by atoms with E-state index in [1.165, 1.54) is 6.07 Å². The average molecular weight is 482 g/mol. The molecule has 0 bridgehead atoms. The number of hydrogen-bond acceptors (Lipinski definition) is 6. The zero-order chi connectivity index (χ0) is 22.8. The van der Waals surface area contributed by atoms with Gasteiger partial charge in [-0.3, -0.25) is 0 Å². The zero-order valence-corrected chi connectivity index (χ0v) is 19.6. The Bertz CT molecular complexity index is 1360. The molecule has 1 atom stereocenters. The van der Waals surface area contributed by atoms with E-state index in [0.29, 0.717) is 30.5 Å². The van der Waals surface area contributed by atoms with Crippen LogP contribution in [0, 0.1) is 0 Å². The van der Waals surface area contributed by atoms with Crippen LogP contribution in [-0.2, 0) is 10.0 Å². The Morgan fingerprint density at radius 2 is 1.70 bits per heavy atom. The summed E-state index contributed by atoms with van der Waals surface area (Å²) in [4.78, 5) is 0.992. The molecule has 0 fully saturated rings. The van der Waals surface area contributed by atoms with Crippen molar-refractivity contribution in [1.29, 1.82) is 0 Å². The van der Waals surface area contributed by atoms with Gasteiger partial charge < -0.3 is 14.2 Å². The number of hydrogen-bond donors (Lipinski definition) is 1. The van der Waals surface area contributed by atoms with Crippen molar-refractivity contribution < 1.29 is 22.6 Å². The molecule has 0 saturated carbocycles.